The molecule has 0 unspecified atom stereocenters. The van der Waals surface area contributed by atoms with Gasteiger partial charge in [-0.15, -0.1) is 0 Å². The van der Waals surface area contributed by atoms with E-state index < -0.39 is 10.8 Å². The first-order valence-corrected chi connectivity index (χ1v) is 10.4. The zero-order valence-corrected chi connectivity index (χ0v) is 19.1. The molecule has 1 amide bonds. The molecule has 0 saturated carbocycles. The molecule has 3 aromatic carbocycles. The summed E-state index contributed by atoms with van der Waals surface area (Å²) in [4.78, 5) is 22.3. The normalized spacial score (nSPS) is 10.7. The van der Waals surface area contributed by atoms with Crippen LogP contribution in [0.1, 0.15) is 21.5 Å². The Kier molecular flexibility index (Phi) is 7.80. The van der Waals surface area contributed by atoms with Crippen molar-refractivity contribution in [2.45, 2.75) is 6.61 Å². The Labute approximate surface area is 197 Å². The molecule has 164 valence electrons. The molecule has 8 nitrogen and oxygen atoms in total. The number of hydrogen-bond acceptors (Lipinski definition) is 6. The molecule has 3 rings (SSSR count). The van der Waals surface area contributed by atoms with E-state index in [0.29, 0.717) is 33.2 Å². The van der Waals surface area contributed by atoms with E-state index in [4.69, 9.17) is 21.1 Å². The van der Waals surface area contributed by atoms with Crippen molar-refractivity contribution in [2.24, 2.45) is 5.10 Å². The van der Waals surface area contributed by atoms with Gasteiger partial charge in [0.25, 0.3) is 11.6 Å². The maximum Gasteiger partial charge on any atom is 0.271 e. The summed E-state index contributed by atoms with van der Waals surface area (Å²) in [7, 11) is 1.52. The third-order valence-electron chi connectivity index (χ3n) is 4.27. The van der Waals surface area contributed by atoms with E-state index in [2.05, 4.69) is 26.5 Å². The molecule has 0 aliphatic heterocycles. The smallest absolute Gasteiger partial charge is 0.271 e. The van der Waals surface area contributed by atoms with Gasteiger partial charge in [-0.1, -0.05) is 23.7 Å². The van der Waals surface area contributed by atoms with Gasteiger partial charge in [-0.2, -0.15) is 5.10 Å². The minimum Gasteiger partial charge on any atom is -0.493 e. The van der Waals surface area contributed by atoms with Gasteiger partial charge >= 0.3 is 0 Å². The molecule has 0 bridgehead atoms. The number of nitro benzene ring substituents is 1. The predicted octanol–water partition coefficient (Wildman–Crippen LogP) is 5.36. The second-order valence-electron chi connectivity index (χ2n) is 6.45. The summed E-state index contributed by atoms with van der Waals surface area (Å²) in [5.41, 5.74) is 4.13. The Balaban J connectivity index is 1.66. The summed E-state index contributed by atoms with van der Waals surface area (Å²) >= 11 is 9.37. The van der Waals surface area contributed by atoms with Gasteiger partial charge in [-0.25, -0.2) is 5.43 Å². The fraction of sp³-hybridized carbons (Fsp3) is 0.0909. The molecule has 0 aliphatic carbocycles. The van der Waals surface area contributed by atoms with Crippen LogP contribution in [-0.4, -0.2) is 24.2 Å². The third-order valence-corrected chi connectivity index (χ3v) is 5.11. The van der Waals surface area contributed by atoms with E-state index in [1.807, 2.05) is 12.1 Å². The predicted molar refractivity (Wildman–Crippen MR) is 125 cm³/mol. The Hall–Kier alpha value is -3.43. The van der Waals surface area contributed by atoms with Gasteiger partial charge in [0.05, 0.1) is 22.7 Å². The van der Waals surface area contributed by atoms with Gasteiger partial charge < -0.3 is 9.47 Å². The van der Waals surface area contributed by atoms with Crippen LogP contribution in [0, 0.1) is 10.1 Å². The number of benzene rings is 3. The zero-order valence-electron chi connectivity index (χ0n) is 16.7. The Bertz CT molecular complexity index is 1150. The van der Waals surface area contributed by atoms with Gasteiger partial charge in [0.15, 0.2) is 11.5 Å². The highest BCUT2D eigenvalue weighted by Gasteiger charge is 2.12. The Morgan fingerprint density at radius 1 is 1.19 bits per heavy atom. The molecule has 0 aromatic heterocycles. The lowest BCUT2D eigenvalue weighted by atomic mass is 10.2. The number of halogens is 2. The average Bonchev–Trinajstić information content (AvgIpc) is 2.79. The topological polar surface area (TPSA) is 103 Å². The first-order chi connectivity index (χ1) is 15.4. The molecule has 0 fully saturated rings. The number of amides is 1. The summed E-state index contributed by atoms with van der Waals surface area (Å²) in [5, 5.41) is 15.3. The second-order valence-corrected chi connectivity index (χ2v) is 7.74. The van der Waals surface area contributed by atoms with Gasteiger partial charge in [-0.3, -0.25) is 14.9 Å². The highest BCUT2D eigenvalue weighted by atomic mass is 79.9. The van der Waals surface area contributed by atoms with E-state index in [1.165, 1.54) is 37.6 Å². The molecule has 0 radical (unpaired) electrons. The lowest BCUT2D eigenvalue weighted by Gasteiger charge is -2.13. The van der Waals surface area contributed by atoms with Gasteiger partial charge in [0.2, 0.25) is 0 Å². The van der Waals surface area contributed by atoms with E-state index in [0.717, 1.165) is 5.56 Å². The van der Waals surface area contributed by atoms with Crippen molar-refractivity contribution in [3.05, 3.63) is 97.0 Å². The zero-order chi connectivity index (χ0) is 23.1. The molecule has 0 saturated heterocycles. The van der Waals surface area contributed by atoms with Gasteiger partial charge in [0.1, 0.15) is 6.61 Å². The SMILES string of the molecule is COc1cc(/C=N\NC(=O)c2ccc([N+](=O)[O-])cc2)cc(Br)c1OCc1ccc(Cl)cc1. The lowest BCUT2D eigenvalue weighted by molar-refractivity contribution is -0.384. The number of carbonyl (C=O) groups is 1. The van der Waals surface area contributed by atoms with E-state index in [9.17, 15) is 14.9 Å². The van der Waals surface area contributed by atoms with Crippen LogP contribution in [0.25, 0.3) is 0 Å². The maximum absolute atomic E-state index is 12.1. The molecule has 0 atom stereocenters. The van der Waals surface area contributed by atoms with E-state index in [-0.39, 0.29) is 11.3 Å². The highest BCUT2D eigenvalue weighted by Crippen LogP contribution is 2.37. The monoisotopic (exact) mass is 517 g/mol. The summed E-state index contributed by atoms with van der Waals surface area (Å²) in [5.74, 6) is 0.510. The summed E-state index contributed by atoms with van der Waals surface area (Å²) in [6.45, 7) is 0.324. The number of rotatable bonds is 8. The number of non-ortho nitro benzene ring substituents is 1. The van der Waals surface area contributed by atoms with Crippen molar-refractivity contribution in [3.8, 4) is 11.5 Å². The number of nitrogens with zero attached hydrogens (tertiary/aromatic N) is 2. The first kappa shape index (κ1) is 23.2. The molecular formula is C22H17BrClN3O5. The fourth-order valence-electron chi connectivity index (χ4n) is 2.66. The third kappa shape index (κ3) is 6.05. The first-order valence-electron chi connectivity index (χ1n) is 9.20. The number of carbonyl (C=O) groups excluding carboxylic acids is 1. The number of hydrogen-bond donors (Lipinski definition) is 1. The van der Waals surface area contributed by atoms with Gasteiger partial charge in [0, 0.05) is 22.7 Å². The number of ether oxygens (including phenoxy) is 2. The fourth-order valence-corrected chi connectivity index (χ4v) is 3.36. The van der Waals surface area contributed by atoms with Crippen LogP contribution < -0.4 is 14.9 Å². The standard InChI is InChI=1S/C22H17BrClN3O5/c1-31-20-11-15(10-19(23)21(20)32-13-14-2-6-17(24)7-3-14)12-25-26-22(28)16-4-8-18(9-5-16)27(29)30/h2-12H,13H2,1H3,(H,26,28)/b25-12-. The van der Waals surface area contributed by atoms with Crippen LogP contribution in [0.4, 0.5) is 5.69 Å². The van der Waals surface area contributed by atoms with E-state index >= 15 is 0 Å². The summed E-state index contributed by atoms with van der Waals surface area (Å²) in [6.07, 6.45) is 1.44. The molecule has 32 heavy (non-hydrogen) atoms. The minimum absolute atomic E-state index is 0.0969. The number of hydrazone groups is 1. The van der Waals surface area contributed by atoms with Crippen LogP contribution >= 0.6 is 27.5 Å². The molecule has 3 aromatic rings. The summed E-state index contributed by atoms with van der Waals surface area (Å²) in [6, 6.07) is 16.0. The van der Waals surface area contributed by atoms with Crippen molar-refractivity contribution in [3.63, 3.8) is 0 Å². The molecule has 0 heterocycles. The Morgan fingerprint density at radius 3 is 2.50 bits per heavy atom. The van der Waals surface area contributed by atoms with Crippen LogP contribution in [-0.2, 0) is 6.61 Å². The molecule has 0 spiro atoms. The van der Waals surface area contributed by atoms with Crippen molar-refractivity contribution in [1.82, 2.24) is 5.43 Å². The van der Waals surface area contributed by atoms with Crippen molar-refractivity contribution in [2.75, 3.05) is 7.11 Å². The summed E-state index contributed by atoms with van der Waals surface area (Å²) < 4.78 is 12.0. The molecule has 10 heteroatoms. The molecule has 1 N–H and O–H groups in total. The van der Waals surface area contributed by atoms with E-state index in [1.54, 1.807) is 24.3 Å². The largest absolute Gasteiger partial charge is 0.493 e. The lowest BCUT2D eigenvalue weighted by Crippen LogP contribution is -2.17. The number of methoxy groups -OCH3 is 1. The molecule has 0 aliphatic rings. The molecular weight excluding hydrogens is 502 g/mol. The van der Waals surface area contributed by atoms with Crippen LogP contribution in [0.5, 0.6) is 11.5 Å². The average molecular weight is 519 g/mol. The quantitative estimate of drug-likeness (QED) is 0.246. The number of nitrogens with one attached hydrogen (secondary N) is 1. The van der Waals surface area contributed by atoms with Gasteiger partial charge in [-0.05, 0) is 63.5 Å². The minimum atomic E-state index is -0.534. The maximum atomic E-state index is 12.1. The van der Waals surface area contributed by atoms with Crippen LogP contribution in [0.3, 0.4) is 0 Å². The highest BCUT2D eigenvalue weighted by molar-refractivity contribution is 9.10. The van der Waals surface area contributed by atoms with Crippen molar-refractivity contribution in [1.29, 1.82) is 0 Å². The van der Waals surface area contributed by atoms with Crippen molar-refractivity contribution < 1.29 is 19.2 Å². The number of nitro groups is 1. The Morgan fingerprint density at radius 2 is 1.88 bits per heavy atom. The van der Waals surface area contributed by atoms with Crippen LogP contribution in [0.15, 0.2) is 70.2 Å². The van der Waals surface area contributed by atoms with Crippen LogP contribution in [0.2, 0.25) is 5.02 Å². The second kappa shape index (κ2) is 10.7. The van der Waals surface area contributed by atoms with Crippen molar-refractivity contribution >= 4 is 45.3 Å².